The molecular formula is C26H37N. The van der Waals surface area contributed by atoms with Gasteiger partial charge >= 0.3 is 0 Å². The van der Waals surface area contributed by atoms with E-state index in [0.717, 1.165) is 6.54 Å². The summed E-state index contributed by atoms with van der Waals surface area (Å²) in [4.78, 5) is 0. The van der Waals surface area contributed by atoms with Crippen molar-refractivity contribution >= 4 is 0 Å². The van der Waals surface area contributed by atoms with Crippen molar-refractivity contribution in [2.45, 2.75) is 83.6 Å². The molecule has 146 valence electrons. The predicted molar refractivity (Wildman–Crippen MR) is 118 cm³/mol. The van der Waals surface area contributed by atoms with Gasteiger partial charge in [0.05, 0.1) is 0 Å². The van der Waals surface area contributed by atoms with Crippen molar-refractivity contribution in [1.29, 1.82) is 0 Å². The third-order valence-electron chi connectivity index (χ3n) is 6.02. The lowest BCUT2D eigenvalue weighted by Gasteiger charge is -2.33. The molecule has 0 aliphatic carbocycles. The van der Waals surface area contributed by atoms with E-state index in [9.17, 15) is 0 Å². The second-order valence-electron chi connectivity index (χ2n) is 10.3. The maximum Gasteiger partial charge on any atom is 0.0243 e. The highest BCUT2D eigenvalue weighted by Gasteiger charge is 2.27. The Morgan fingerprint density at radius 1 is 0.704 bits per heavy atom. The number of nitrogens with one attached hydrogen (secondary N) is 1. The minimum Gasteiger partial charge on any atom is -0.313 e. The van der Waals surface area contributed by atoms with Crippen LogP contribution in [0.15, 0.2) is 48.5 Å². The van der Waals surface area contributed by atoms with Crippen molar-refractivity contribution in [1.82, 2.24) is 5.32 Å². The fourth-order valence-corrected chi connectivity index (χ4v) is 4.20. The second-order valence-corrected chi connectivity index (χ2v) is 10.3. The number of benzene rings is 2. The Morgan fingerprint density at radius 2 is 1.15 bits per heavy atom. The van der Waals surface area contributed by atoms with Crippen molar-refractivity contribution < 1.29 is 0 Å². The smallest absolute Gasteiger partial charge is 0.0243 e. The molecule has 1 N–H and O–H groups in total. The van der Waals surface area contributed by atoms with Gasteiger partial charge in [-0.3, -0.25) is 0 Å². The van der Waals surface area contributed by atoms with Gasteiger partial charge in [-0.25, -0.2) is 0 Å². The summed E-state index contributed by atoms with van der Waals surface area (Å²) in [7, 11) is 0. The van der Waals surface area contributed by atoms with Crippen LogP contribution < -0.4 is 5.32 Å². The van der Waals surface area contributed by atoms with Crippen molar-refractivity contribution in [2.75, 3.05) is 6.54 Å². The van der Waals surface area contributed by atoms with Crippen molar-refractivity contribution in [3.05, 3.63) is 70.8 Å². The van der Waals surface area contributed by atoms with Crippen LogP contribution in [0.25, 0.3) is 0 Å². The molecule has 1 aliphatic heterocycles. The summed E-state index contributed by atoms with van der Waals surface area (Å²) in [5, 5.41) is 3.81. The highest BCUT2D eigenvalue weighted by atomic mass is 14.9. The molecular weight excluding hydrogens is 326 g/mol. The van der Waals surface area contributed by atoms with Crippen LogP contribution >= 0.6 is 0 Å². The molecule has 1 unspecified atom stereocenters. The molecule has 1 heterocycles. The summed E-state index contributed by atoms with van der Waals surface area (Å²) < 4.78 is 0. The van der Waals surface area contributed by atoms with E-state index in [4.69, 9.17) is 0 Å². The number of hydrogen-bond acceptors (Lipinski definition) is 1. The zero-order valence-electron chi connectivity index (χ0n) is 18.1. The van der Waals surface area contributed by atoms with E-state index >= 15 is 0 Å². The molecule has 2 aromatic carbocycles. The highest BCUT2D eigenvalue weighted by Crippen LogP contribution is 2.34. The van der Waals surface area contributed by atoms with Gasteiger partial charge in [-0.15, -0.1) is 0 Å². The summed E-state index contributed by atoms with van der Waals surface area (Å²) in [6.45, 7) is 14.9. The van der Waals surface area contributed by atoms with Crippen molar-refractivity contribution in [3.8, 4) is 0 Å². The van der Waals surface area contributed by atoms with Gasteiger partial charge in [0.25, 0.3) is 0 Å². The average Bonchev–Trinajstić information content (AvgIpc) is 2.62. The topological polar surface area (TPSA) is 12.0 Å². The van der Waals surface area contributed by atoms with E-state index in [2.05, 4.69) is 95.4 Å². The summed E-state index contributed by atoms with van der Waals surface area (Å²) in [6, 6.07) is 19.3. The first-order chi connectivity index (χ1) is 12.7. The maximum absolute atomic E-state index is 3.81. The number of piperidine rings is 1. The molecule has 1 nitrogen and oxygen atoms in total. The fraction of sp³-hybridized carbons (Fsp3) is 0.538. The minimum absolute atomic E-state index is 0.200. The summed E-state index contributed by atoms with van der Waals surface area (Å²) in [5.74, 6) is 0.424. The largest absolute Gasteiger partial charge is 0.313 e. The Morgan fingerprint density at radius 3 is 1.48 bits per heavy atom. The van der Waals surface area contributed by atoms with Gasteiger partial charge in [-0.05, 0) is 52.5 Å². The zero-order valence-corrected chi connectivity index (χ0v) is 18.1. The van der Waals surface area contributed by atoms with E-state index in [-0.39, 0.29) is 10.8 Å². The zero-order chi connectivity index (χ0) is 19.7. The molecule has 0 saturated carbocycles. The molecule has 1 fully saturated rings. The van der Waals surface area contributed by atoms with Gasteiger partial charge in [-0.1, -0.05) is 96.5 Å². The van der Waals surface area contributed by atoms with Gasteiger partial charge in [-0.2, -0.15) is 0 Å². The molecule has 1 heteroatoms. The third kappa shape index (κ3) is 4.82. The fourth-order valence-electron chi connectivity index (χ4n) is 4.20. The quantitative estimate of drug-likeness (QED) is 0.651. The minimum atomic E-state index is 0.200. The lowest BCUT2D eigenvalue weighted by molar-refractivity contribution is 0.372. The van der Waals surface area contributed by atoms with Crippen molar-refractivity contribution in [3.63, 3.8) is 0 Å². The van der Waals surface area contributed by atoms with Crippen LogP contribution in [0.4, 0.5) is 0 Å². The van der Waals surface area contributed by atoms with E-state index in [0.29, 0.717) is 12.0 Å². The molecule has 0 amide bonds. The first-order valence-electron chi connectivity index (χ1n) is 10.6. The van der Waals surface area contributed by atoms with Crippen LogP contribution in [0.1, 0.15) is 89.0 Å². The Labute approximate surface area is 166 Å². The number of hydrogen-bond donors (Lipinski definition) is 1. The standard InChI is InChI=1S/C26H37N/c1-25(2,3)21-14-10-19(11-15-21)24(23-9-7-8-18-27-23)20-12-16-22(17-13-20)26(4,5)6/h10-17,23-24,27H,7-9,18H2,1-6H3. The van der Waals surface area contributed by atoms with Crippen LogP contribution in [0, 0.1) is 0 Å². The molecule has 0 bridgehead atoms. The van der Waals surface area contributed by atoms with Crippen LogP contribution in [-0.4, -0.2) is 12.6 Å². The molecule has 0 radical (unpaired) electrons. The van der Waals surface area contributed by atoms with Gasteiger partial charge < -0.3 is 5.32 Å². The molecule has 1 saturated heterocycles. The lowest BCUT2D eigenvalue weighted by Crippen LogP contribution is -2.39. The van der Waals surface area contributed by atoms with E-state index in [1.54, 1.807) is 0 Å². The monoisotopic (exact) mass is 363 g/mol. The summed E-state index contributed by atoms with van der Waals surface area (Å²) in [5.41, 5.74) is 6.09. The van der Waals surface area contributed by atoms with Gasteiger partial charge in [0, 0.05) is 12.0 Å². The molecule has 0 spiro atoms. The average molecular weight is 364 g/mol. The molecule has 27 heavy (non-hydrogen) atoms. The lowest BCUT2D eigenvalue weighted by atomic mass is 9.78. The van der Waals surface area contributed by atoms with Gasteiger partial charge in [0.1, 0.15) is 0 Å². The van der Waals surface area contributed by atoms with E-state index < -0.39 is 0 Å². The molecule has 3 rings (SSSR count). The van der Waals surface area contributed by atoms with Crippen molar-refractivity contribution in [2.24, 2.45) is 0 Å². The Balaban J connectivity index is 1.96. The van der Waals surface area contributed by atoms with Gasteiger partial charge in [0.15, 0.2) is 0 Å². The second kappa shape index (κ2) is 7.80. The Kier molecular flexibility index (Phi) is 5.82. The maximum atomic E-state index is 3.81. The summed E-state index contributed by atoms with van der Waals surface area (Å²) >= 11 is 0. The van der Waals surface area contributed by atoms with E-state index in [1.165, 1.54) is 41.5 Å². The van der Waals surface area contributed by atoms with Crippen LogP contribution in [-0.2, 0) is 10.8 Å². The SMILES string of the molecule is CC(C)(C)c1ccc(C(c2ccc(C(C)(C)C)cc2)C2CCCCN2)cc1. The Hall–Kier alpha value is -1.60. The van der Waals surface area contributed by atoms with Crippen LogP contribution in [0.2, 0.25) is 0 Å². The highest BCUT2D eigenvalue weighted by molar-refractivity contribution is 5.39. The predicted octanol–water partition coefficient (Wildman–Crippen LogP) is 6.56. The van der Waals surface area contributed by atoms with E-state index in [1.807, 2.05) is 0 Å². The molecule has 0 aromatic heterocycles. The first-order valence-corrected chi connectivity index (χ1v) is 10.6. The normalized spacial score (nSPS) is 18.7. The van der Waals surface area contributed by atoms with Gasteiger partial charge in [0.2, 0.25) is 0 Å². The molecule has 1 aliphatic rings. The summed E-state index contributed by atoms with van der Waals surface area (Å²) in [6.07, 6.45) is 3.89. The number of rotatable bonds is 3. The van der Waals surface area contributed by atoms with Crippen LogP contribution in [0.3, 0.4) is 0 Å². The first kappa shape index (κ1) is 20.1. The Bertz CT molecular complexity index is 662. The van der Waals surface area contributed by atoms with Crippen LogP contribution in [0.5, 0.6) is 0 Å². The molecule has 2 aromatic rings. The molecule has 1 atom stereocenters. The third-order valence-corrected chi connectivity index (χ3v) is 6.02.